The number of amides is 1. The van der Waals surface area contributed by atoms with Gasteiger partial charge in [0.2, 0.25) is 0 Å². The Labute approximate surface area is 177 Å². The SMILES string of the molecule is O=C(NCCCOCc1ccco1)c1oc2ccccc2c1CSc1cccs1. The van der Waals surface area contributed by atoms with Crippen molar-refractivity contribution in [3.05, 3.63) is 77.3 Å². The molecule has 150 valence electrons. The Morgan fingerprint density at radius 1 is 1.14 bits per heavy atom. The average Bonchev–Trinajstić information content (AvgIpc) is 3.50. The fourth-order valence-electron chi connectivity index (χ4n) is 2.94. The van der Waals surface area contributed by atoms with E-state index >= 15 is 0 Å². The van der Waals surface area contributed by atoms with Gasteiger partial charge in [-0.25, -0.2) is 0 Å². The quantitative estimate of drug-likeness (QED) is 0.259. The summed E-state index contributed by atoms with van der Waals surface area (Å²) in [5.74, 6) is 1.69. The number of benzene rings is 1. The van der Waals surface area contributed by atoms with Crippen molar-refractivity contribution in [2.45, 2.75) is 23.0 Å². The summed E-state index contributed by atoms with van der Waals surface area (Å²) in [7, 11) is 0. The molecule has 0 bridgehead atoms. The Morgan fingerprint density at radius 2 is 2.07 bits per heavy atom. The van der Waals surface area contributed by atoms with Crippen LogP contribution in [0.25, 0.3) is 11.0 Å². The highest BCUT2D eigenvalue weighted by atomic mass is 32.2. The highest BCUT2D eigenvalue weighted by Gasteiger charge is 2.20. The zero-order valence-electron chi connectivity index (χ0n) is 15.8. The van der Waals surface area contributed by atoms with E-state index in [0.717, 1.165) is 22.3 Å². The molecule has 3 aromatic heterocycles. The number of ether oxygens (including phenoxy) is 1. The molecule has 0 aliphatic heterocycles. The van der Waals surface area contributed by atoms with E-state index in [1.807, 2.05) is 42.5 Å². The Kier molecular flexibility index (Phi) is 6.71. The first-order valence-corrected chi connectivity index (χ1v) is 11.2. The normalized spacial score (nSPS) is 11.2. The van der Waals surface area contributed by atoms with Crippen LogP contribution < -0.4 is 5.32 Å². The summed E-state index contributed by atoms with van der Waals surface area (Å²) in [6.07, 6.45) is 2.34. The molecule has 0 atom stereocenters. The molecule has 0 unspecified atom stereocenters. The van der Waals surface area contributed by atoms with Crippen LogP contribution in [0.15, 0.2) is 73.2 Å². The van der Waals surface area contributed by atoms with E-state index in [2.05, 4.69) is 16.8 Å². The van der Waals surface area contributed by atoms with E-state index in [9.17, 15) is 4.79 Å². The third-order valence-corrected chi connectivity index (χ3v) is 6.49. The fourth-order valence-corrected chi connectivity index (χ4v) is 4.75. The van der Waals surface area contributed by atoms with Gasteiger partial charge in [0.25, 0.3) is 5.91 Å². The van der Waals surface area contributed by atoms with Gasteiger partial charge in [-0.15, -0.1) is 23.1 Å². The van der Waals surface area contributed by atoms with Crippen LogP contribution in [0.1, 0.15) is 28.3 Å². The molecule has 0 spiro atoms. The zero-order chi connectivity index (χ0) is 19.9. The van der Waals surface area contributed by atoms with Gasteiger partial charge in [0.05, 0.1) is 10.5 Å². The average molecular weight is 428 g/mol. The number of thioether (sulfide) groups is 1. The number of carbonyl (C=O) groups is 1. The maximum Gasteiger partial charge on any atom is 0.287 e. The lowest BCUT2D eigenvalue weighted by Crippen LogP contribution is -2.25. The number of hydrogen-bond donors (Lipinski definition) is 1. The second-order valence-electron chi connectivity index (χ2n) is 6.37. The fraction of sp³-hybridized carbons (Fsp3) is 0.227. The molecule has 1 amide bonds. The van der Waals surface area contributed by atoms with Crippen molar-refractivity contribution < 1.29 is 18.4 Å². The van der Waals surface area contributed by atoms with E-state index in [4.69, 9.17) is 13.6 Å². The maximum atomic E-state index is 12.7. The van der Waals surface area contributed by atoms with Gasteiger partial charge in [0.15, 0.2) is 5.76 Å². The topological polar surface area (TPSA) is 64.6 Å². The molecular formula is C22H21NO4S2. The summed E-state index contributed by atoms with van der Waals surface area (Å²) < 4.78 is 17.9. The van der Waals surface area contributed by atoms with Gasteiger partial charge in [-0.05, 0) is 36.1 Å². The highest BCUT2D eigenvalue weighted by molar-refractivity contribution is 8.00. The molecule has 7 heteroatoms. The highest BCUT2D eigenvalue weighted by Crippen LogP contribution is 2.33. The lowest BCUT2D eigenvalue weighted by Gasteiger charge is -2.06. The van der Waals surface area contributed by atoms with Crippen molar-refractivity contribution in [3.63, 3.8) is 0 Å². The largest absolute Gasteiger partial charge is 0.467 e. The second-order valence-corrected chi connectivity index (χ2v) is 8.59. The van der Waals surface area contributed by atoms with Crippen molar-refractivity contribution >= 4 is 40.0 Å². The first-order valence-electron chi connectivity index (χ1n) is 9.36. The van der Waals surface area contributed by atoms with Gasteiger partial charge < -0.3 is 18.9 Å². The number of thiophene rings is 1. The molecule has 29 heavy (non-hydrogen) atoms. The molecule has 0 aliphatic carbocycles. The smallest absolute Gasteiger partial charge is 0.287 e. The molecular weight excluding hydrogens is 406 g/mol. The zero-order valence-corrected chi connectivity index (χ0v) is 17.4. The number of carbonyl (C=O) groups excluding carboxylic acids is 1. The van der Waals surface area contributed by atoms with E-state index < -0.39 is 0 Å². The van der Waals surface area contributed by atoms with E-state index in [0.29, 0.717) is 37.7 Å². The van der Waals surface area contributed by atoms with Crippen LogP contribution in [0.2, 0.25) is 0 Å². The molecule has 0 saturated carbocycles. The van der Waals surface area contributed by atoms with E-state index in [1.54, 1.807) is 29.4 Å². The molecule has 0 saturated heterocycles. The Hall–Kier alpha value is -2.48. The summed E-state index contributed by atoms with van der Waals surface area (Å²) in [6.45, 7) is 1.50. The van der Waals surface area contributed by atoms with Crippen molar-refractivity contribution in [2.75, 3.05) is 13.2 Å². The van der Waals surface area contributed by atoms with E-state index in [1.165, 1.54) is 4.21 Å². The standard InChI is InChI=1S/C22H21NO4S2/c24-22(23-10-5-11-25-14-16-6-3-12-26-16)21-18(15-29-20-9-4-13-28-20)17-7-1-2-8-19(17)27-21/h1-4,6-9,12-13H,5,10-11,14-15H2,(H,23,24). The van der Waals surface area contributed by atoms with Crippen molar-refractivity contribution in [3.8, 4) is 0 Å². The van der Waals surface area contributed by atoms with Gasteiger partial charge in [0, 0.05) is 29.9 Å². The number of hydrogen-bond acceptors (Lipinski definition) is 6. The van der Waals surface area contributed by atoms with Crippen LogP contribution in [0.4, 0.5) is 0 Å². The molecule has 1 aromatic carbocycles. The van der Waals surface area contributed by atoms with Gasteiger partial charge in [0.1, 0.15) is 18.0 Å². The Bertz CT molecular complexity index is 1040. The number of fused-ring (bicyclic) bond motifs is 1. The van der Waals surface area contributed by atoms with Crippen LogP contribution in [-0.2, 0) is 17.1 Å². The molecule has 0 fully saturated rings. The van der Waals surface area contributed by atoms with Crippen LogP contribution in [0, 0.1) is 0 Å². The summed E-state index contributed by atoms with van der Waals surface area (Å²) in [6, 6.07) is 15.6. The van der Waals surface area contributed by atoms with E-state index in [-0.39, 0.29) is 5.91 Å². The van der Waals surface area contributed by atoms with Crippen LogP contribution in [-0.4, -0.2) is 19.1 Å². The van der Waals surface area contributed by atoms with Crippen LogP contribution in [0.5, 0.6) is 0 Å². The van der Waals surface area contributed by atoms with Gasteiger partial charge >= 0.3 is 0 Å². The lowest BCUT2D eigenvalue weighted by atomic mass is 10.1. The summed E-state index contributed by atoms with van der Waals surface area (Å²) in [5, 5.41) is 5.99. The Balaban J connectivity index is 1.34. The first-order chi connectivity index (χ1) is 14.3. The number of rotatable bonds is 10. The minimum atomic E-state index is -0.186. The van der Waals surface area contributed by atoms with Crippen molar-refractivity contribution in [1.82, 2.24) is 5.32 Å². The minimum Gasteiger partial charge on any atom is -0.467 e. The molecule has 5 nitrogen and oxygen atoms in total. The van der Waals surface area contributed by atoms with Crippen LogP contribution >= 0.6 is 23.1 Å². The maximum absolute atomic E-state index is 12.7. The Morgan fingerprint density at radius 3 is 2.90 bits per heavy atom. The van der Waals surface area contributed by atoms with Gasteiger partial charge in [-0.1, -0.05) is 24.3 Å². The number of furan rings is 2. The summed E-state index contributed by atoms with van der Waals surface area (Å²) in [4.78, 5) is 12.7. The van der Waals surface area contributed by atoms with Gasteiger partial charge in [-0.2, -0.15) is 0 Å². The van der Waals surface area contributed by atoms with Crippen molar-refractivity contribution in [2.24, 2.45) is 0 Å². The summed E-state index contributed by atoms with van der Waals surface area (Å²) >= 11 is 3.41. The second kappa shape index (κ2) is 9.82. The lowest BCUT2D eigenvalue weighted by molar-refractivity contribution is 0.0895. The monoisotopic (exact) mass is 427 g/mol. The molecule has 4 aromatic rings. The number of para-hydroxylation sites is 1. The molecule has 0 aliphatic rings. The third kappa shape index (κ3) is 5.12. The molecule has 4 rings (SSSR count). The molecule has 3 heterocycles. The summed E-state index contributed by atoms with van der Waals surface area (Å²) in [5.41, 5.74) is 1.67. The predicted molar refractivity (Wildman–Crippen MR) is 115 cm³/mol. The minimum absolute atomic E-state index is 0.186. The van der Waals surface area contributed by atoms with Crippen LogP contribution in [0.3, 0.4) is 0 Å². The van der Waals surface area contributed by atoms with Gasteiger partial charge in [-0.3, -0.25) is 4.79 Å². The molecule has 1 N–H and O–H groups in total. The van der Waals surface area contributed by atoms with Crippen molar-refractivity contribution in [1.29, 1.82) is 0 Å². The molecule has 0 radical (unpaired) electrons. The number of nitrogens with one attached hydrogen (secondary N) is 1. The third-order valence-electron chi connectivity index (χ3n) is 4.33. The predicted octanol–water partition coefficient (Wildman–Crippen LogP) is 5.72. The first kappa shape index (κ1) is 19.8.